The molecule has 0 aliphatic heterocycles. The second-order valence-electron chi connectivity index (χ2n) is 5.85. The van der Waals surface area contributed by atoms with Crippen LogP contribution in [-0.4, -0.2) is 34.8 Å². The highest BCUT2D eigenvalue weighted by atomic mass is 16.5. The zero-order valence-corrected chi connectivity index (χ0v) is 15.1. The first kappa shape index (κ1) is 19.0. The summed E-state index contributed by atoms with van der Waals surface area (Å²) in [5.41, 5.74) is 5.96. The van der Waals surface area contributed by atoms with Crippen molar-refractivity contribution < 1.29 is 19.1 Å². The summed E-state index contributed by atoms with van der Waals surface area (Å²) in [5, 5.41) is 6.69. The topological polar surface area (TPSA) is 108 Å². The first-order chi connectivity index (χ1) is 13.6. The average Bonchev–Trinajstić information content (AvgIpc) is 3.12. The number of nitrogens with one attached hydrogen (secondary N) is 1. The fourth-order valence-corrected chi connectivity index (χ4v) is 2.48. The molecule has 0 unspecified atom stereocenters. The van der Waals surface area contributed by atoms with Crippen LogP contribution in [-0.2, 0) is 11.3 Å². The third-order valence-electron chi connectivity index (χ3n) is 3.69. The molecule has 8 heteroatoms. The van der Waals surface area contributed by atoms with Gasteiger partial charge in [-0.1, -0.05) is 30.3 Å². The molecular weight excluding hydrogens is 360 g/mol. The second-order valence-corrected chi connectivity index (χ2v) is 5.85. The summed E-state index contributed by atoms with van der Waals surface area (Å²) in [6.45, 7) is 0.576. The molecule has 8 nitrogen and oxygen atoms in total. The lowest BCUT2D eigenvalue weighted by atomic mass is 10.2. The van der Waals surface area contributed by atoms with E-state index in [0.29, 0.717) is 23.6 Å². The molecule has 0 radical (unpaired) electrons. The van der Waals surface area contributed by atoms with Gasteiger partial charge < -0.3 is 20.5 Å². The molecule has 144 valence electrons. The normalized spacial score (nSPS) is 10.3. The fraction of sp³-hybridized carbons (Fsp3) is 0.150. The van der Waals surface area contributed by atoms with Gasteiger partial charge in [-0.3, -0.25) is 14.3 Å². The first-order valence-corrected chi connectivity index (χ1v) is 8.63. The van der Waals surface area contributed by atoms with E-state index < -0.39 is 5.91 Å². The number of nitrogens with two attached hydrogens (primary N) is 1. The molecule has 3 rings (SSSR count). The number of anilines is 1. The smallest absolute Gasteiger partial charge is 0.259 e. The summed E-state index contributed by atoms with van der Waals surface area (Å²) in [6.07, 6.45) is 2.97. The van der Waals surface area contributed by atoms with Crippen molar-refractivity contribution in [3.8, 4) is 11.5 Å². The minimum Gasteiger partial charge on any atom is -0.490 e. The van der Waals surface area contributed by atoms with E-state index >= 15 is 0 Å². The van der Waals surface area contributed by atoms with Gasteiger partial charge in [-0.2, -0.15) is 5.10 Å². The zero-order chi connectivity index (χ0) is 19.8. The van der Waals surface area contributed by atoms with E-state index in [2.05, 4.69) is 10.4 Å². The van der Waals surface area contributed by atoms with Gasteiger partial charge in [-0.25, -0.2) is 0 Å². The lowest BCUT2D eigenvalue weighted by Gasteiger charge is -2.12. The van der Waals surface area contributed by atoms with Crippen molar-refractivity contribution in [3.63, 3.8) is 0 Å². The number of amides is 2. The van der Waals surface area contributed by atoms with E-state index in [9.17, 15) is 9.59 Å². The quantitative estimate of drug-likeness (QED) is 0.553. The van der Waals surface area contributed by atoms with Crippen molar-refractivity contribution >= 4 is 17.5 Å². The third kappa shape index (κ3) is 5.34. The number of ether oxygens (including phenoxy) is 2. The molecule has 2 aromatic carbocycles. The number of carbonyl (C=O) groups is 2. The summed E-state index contributed by atoms with van der Waals surface area (Å²) in [4.78, 5) is 23.5. The molecule has 0 saturated heterocycles. The number of benzene rings is 2. The van der Waals surface area contributed by atoms with Gasteiger partial charge in [0.25, 0.3) is 5.91 Å². The highest BCUT2D eigenvalue weighted by Crippen LogP contribution is 2.20. The highest BCUT2D eigenvalue weighted by Gasteiger charge is 2.13. The summed E-state index contributed by atoms with van der Waals surface area (Å²) in [5.74, 6) is 0.335. The Kier molecular flexibility index (Phi) is 6.25. The van der Waals surface area contributed by atoms with Crippen molar-refractivity contribution in [2.75, 3.05) is 18.5 Å². The molecule has 1 heterocycles. The highest BCUT2D eigenvalue weighted by molar-refractivity contribution is 6.06. The van der Waals surface area contributed by atoms with E-state index in [4.69, 9.17) is 15.2 Å². The lowest BCUT2D eigenvalue weighted by molar-refractivity contribution is -0.118. The van der Waals surface area contributed by atoms with Crippen LogP contribution in [0, 0.1) is 0 Å². The predicted molar refractivity (Wildman–Crippen MR) is 103 cm³/mol. The van der Waals surface area contributed by atoms with Crippen LogP contribution in [0.5, 0.6) is 11.5 Å². The van der Waals surface area contributed by atoms with Gasteiger partial charge in [-0.15, -0.1) is 0 Å². The van der Waals surface area contributed by atoms with Gasteiger partial charge in [0.1, 0.15) is 31.3 Å². The van der Waals surface area contributed by atoms with Crippen LogP contribution in [0.15, 0.2) is 67.0 Å². The molecule has 0 fully saturated rings. The molecule has 3 N–H and O–H groups in total. The Balaban J connectivity index is 1.57. The molecule has 0 bridgehead atoms. The van der Waals surface area contributed by atoms with E-state index in [1.807, 2.05) is 30.3 Å². The number of hydrogen-bond donors (Lipinski definition) is 2. The van der Waals surface area contributed by atoms with E-state index in [-0.39, 0.29) is 19.1 Å². The maximum atomic E-state index is 12.6. The van der Waals surface area contributed by atoms with Crippen LogP contribution in [0.3, 0.4) is 0 Å². The van der Waals surface area contributed by atoms with Crippen molar-refractivity contribution in [1.82, 2.24) is 9.78 Å². The van der Waals surface area contributed by atoms with Crippen LogP contribution >= 0.6 is 0 Å². The van der Waals surface area contributed by atoms with Crippen LogP contribution in [0.25, 0.3) is 0 Å². The Bertz CT molecular complexity index is 940. The number of rotatable bonds is 9. The molecular formula is C20H20N4O4. The van der Waals surface area contributed by atoms with E-state index in [0.717, 1.165) is 5.75 Å². The molecule has 3 aromatic rings. The van der Waals surface area contributed by atoms with Gasteiger partial charge >= 0.3 is 0 Å². The maximum absolute atomic E-state index is 12.6. The van der Waals surface area contributed by atoms with Gasteiger partial charge in [0.15, 0.2) is 0 Å². The summed E-state index contributed by atoms with van der Waals surface area (Å²) >= 11 is 0. The van der Waals surface area contributed by atoms with Gasteiger partial charge in [0.2, 0.25) is 5.91 Å². The number of para-hydroxylation sites is 2. The van der Waals surface area contributed by atoms with Gasteiger partial charge in [0, 0.05) is 6.20 Å². The first-order valence-electron chi connectivity index (χ1n) is 8.63. The van der Waals surface area contributed by atoms with E-state index in [1.54, 1.807) is 24.3 Å². The maximum Gasteiger partial charge on any atom is 0.259 e. The molecule has 1 aromatic heterocycles. The molecule has 2 amide bonds. The van der Waals surface area contributed by atoms with Crippen LogP contribution in [0.4, 0.5) is 5.69 Å². The molecule has 0 atom stereocenters. The summed E-state index contributed by atoms with van der Waals surface area (Å²) in [6, 6.07) is 16.3. The number of aromatic nitrogens is 2. The number of carbonyl (C=O) groups excluding carboxylic acids is 2. The zero-order valence-electron chi connectivity index (χ0n) is 15.1. The van der Waals surface area contributed by atoms with Crippen molar-refractivity contribution in [3.05, 3.63) is 72.6 Å². The average molecular weight is 380 g/mol. The Morgan fingerprint density at radius 3 is 2.50 bits per heavy atom. The summed E-state index contributed by atoms with van der Waals surface area (Å²) < 4.78 is 12.6. The largest absolute Gasteiger partial charge is 0.490 e. The monoisotopic (exact) mass is 380 g/mol. The number of nitrogens with zero attached hydrogens (tertiary/aromatic N) is 2. The SMILES string of the molecule is NC(=O)Cn1cc(NC(=O)c2ccccc2OCCOc2ccccc2)cn1. The standard InChI is InChI=1S/C20H20N4O4/c21-19(25)14-24-13-15(12-22-24)23-20(26)17-8-4-5-9-18(17)28-11-10-27-16-6-2-1-3-7-16/h1-9,12-13H,10-11,14H2,(H2,21,25)(H,23,26). The summed E-state index contributed by atoms with van der Waals surface area (Å²) in [7, 11) is 0. The van der Waals surface area contributed by atoms with Crippen LogP contribution < -0.4 is 20.5 Å². The lowest BCUT2D eigenvalue weighted by Crippen LogP contribution is -2.19. The molecule has 0 aliphatic rings. The predicted octanol–water partition coefficient (Wildman–Crippen LogP) is 2.08. The number of hydrogen-bond acceptors (Lipinski definition) is 5. The molecule has 28 heavy (non-hydrogen) atoms. The third-order valence-corrected chi connectivity index (χ3v) is 3.69. The second kappa shape index (κ2) is 9.22. The Labute approximate surface area is 161 Å². The fourth-order valence-electron chi connectivity index (χ4n) is 2.48. The minimum absolute atomic E-state index is 0.0585. The van der Waals surface area contributed by atoms with Crippen molar-refractivity contribution in [2.24, 2.45) is 5.73 Å². The van der Waals surface area contributed by atoms with Crippen molar-refractivity contribution in [2.45, 2.75) is 6.54 Å². The van der Waals surface area contributed by atoms with E-state index in [1.165, 1.54) is 17.1 Å². The molecule has 0 aliphatic carbocycles. The Morgan fingerprint density at radius 2 is 1.71 bits per heavy atom. The van der Waals surface area contributed by atoms with Gasteiger partial charge in [0.05, 0.1) is 17.4 Å². The number of primary amides is 1. The molecule has 0 spiro atoms. The molecule has 0 saturated carbocycles. The Morgan fingerprint density at radius 1 is 1.00 bits per heavy atom. The van der Waals surface area contributed by atoms with Crippen LogP contribution in [0.1, 0.15) is 10.4 Å². The van der Waals surface area contributed by atoms with Crippen molar-refractivity contribution in [1.29, 1.82) is 0 Å². The van der Waals surface area contributed by atoms with Gasteiger partial charge in [-0.05, 0) is 24.3 Å². The Hall–Kier alpha value is -3.81. The minimum atomic E-state index is -0.516. The van der Waals surface area contributed by atoms with Crippen LogP contribution in [0.2, 0.25) is 0 Å².